The Hall–Kier alpha value is -2.21. The van der Waals surface area contributed by atoms with Crippen molar-refractivity contribution < 1.29 is 4.74 Å². The Balaban J connectivity index is 2.00. The van der Waals surface area contributed by atoms with Crippen LogP contribution in [0.25, 0.3) is 22.2 Å². The van der Waals surface area contributed by atoms with Gasteiger partial charge < -0.3 is 9.72 Å². The van der Waals surface area contributed by atoms with Gasteiger partial charge in [0.2, 0.25) is 0 Å². The van der Waals surface area contributed by atoms with Crippen molar-refractivity contribution in [3.8, 4) is 11.1 Å². The largest absolute Gasteiger partial charge is 0.357 e. The maximum atomic E-state index is 5.52. The third-order valence-corrected chi connectivity index (χ3v) is 3.05. The second-order valence-corrected chi connectivity index (χ2v) is 4.26. The van der Waals surface area contributed by atoms with Gasteiger partial charge in [0.25, 0.3) is 0 Å². The first-order valence-corrected chi connectivity index (χ1v) is 6.24. The van der Waals surface area contributed by atoms with E-state index in [1.807, 2.05) is 38.5 Å². The molecule has 3 aromatic rings. The van der Waals surface area contributed by atoms with E-state index in [2.05, 4.69) is 20.3 Å². The van der Waals surface area contributed by atoms with E-state index < -0.39 is 0 Å². The van der Waals surface area contributed by atoms with E-state index in [-0.39, 0.29) is 6.23 Å². The molecule has 19 heavy (non-hydrogen) atoms. The minimum absolute atomic E-state index is 0.0738. The summed E-state index contributed by atoms with van der Waals surface area (Å²) < 4.78 is 7.32. The van der Waals surface area contributed by atoms with Crippen LogP contribution in [0.5, 0.6) is 0 Å². The van der Waals surface area contributed by atoms with Gasteiger partial charge in [-0.25, -0.2) is 4.68 Å². The van der Waals surface area contributed by atoms with Gasteiger partial charge in [0.15, 0.2) is 5.65 Å². The summed E-state index contributed by atoms with van der Waals surface area (Å²) in [5.74, 6) is 0. The molecule has 0 aliphatic heterocycles. The Labute approximate surface area is 110 Å². The standard InChI is InChI=1S/C13H15N5O/c1-3-19-9(2)18-8-10(6-16-18)12-7-15-17-13-11(12)4-5-14-13/h4-9H,3H2,1-2H3,(H,14,17). The number of nitrogens with one attached hydrogen (secondary N) is 1. The first-order valence-electron chi connectivity index (χ1n) is 6.24. The molecule has 0 aliphatic rings. The Morgan fingerprint density at radius 1 is 1.42 bits per heavy atom. The third kappa shape index (κ3) is 2.10. The molecule has 6 nitrogen and oxygen atoms in total. The van der Waals surface area contributed by atoms with Crippen molar-refractivity contribution in [2.75, 3.05) is 6.61 Å². The van der Waals surface area contributed by atoms with Crippen LogP contribution in [0.4, 0.5) is 0 Å². The summed E-state index contributed by atoms with van der Waals surface area (Å²) in [7, 11) is 0. The normalized spacial score (nSPS) is 12.9. The molecule has 0 saturated carbocycles. The van der Waals surface area contributed by atoms with Crippen LogP contribution in [-0.2, 0) is 4.74 Å². The summed E-state index contributed by atoms with van der Waals surface area (Å²) in [6.07, 6.45) is 7.32. The summed E-state index contributed by atoms with van der Waals surface area (Å²) in [5.41, 5.74) is 2.80. The van der Waals surface area contributed by atoms with Crippen LogP contribution in [0.15, 0.2) is 30.9 Å². The number of ether oxygens (including phenoxy) is 1. The second kappa shape index (κ2) is 4.81. The van der Waals surface area contributed by atoms with E-state index in [0.717, 1.165) is 22.2 Å². The van der Waals surface area contributed by atoms with Crippen LogP contribution >= 0.6 is 0 Å². The predicted octanol–water partition coefficient (Wildman–Crippen LogP) is 2.38. The fourth-order valence-corrected chi connectivity index (χ4v) is 2.10. The van der Waals surface area contributed by atoms with Crippen LogP contribution in [0.1, 0.15) is 20.1 Å². The smallest absolute Gasteiger partial charge is 0.160 e. The minimum Gasteiger partial charge on any atom is -0.357 e. The van der Waals surface area contributed by atoms with Crippen LogP contribution < -0.4 is 0 Å². The fourth-order valence-electron chi connectivity index (χ4n) is 2.10. The number of aromatic nitrogens is 5. The van der Waals surface area contributed by atoms with E-state index in [1.54, 1.807) is 10.9 Å². The second-order valence-electron chi connectivity index (χ2n) is 4.26. The molecule has 0 bridgehead atoms. The van der Waals surface area contributed by atoms with E-state index in [1.165, 1.54) is 0 Å². The quantitative estimate of drug-likeness (QED) is 0.779. The maximum Gasteiger partial charge on any atom is 0.160 e. The zero-order valence-corrected chi connectivity index (χ0v) is 10.9. The SMILES string of the molecule is CCOC(C)n1cc(-c2cnnc3[nH]ccc23)cn1. The van der Waals surface area contributed by atoms with Gasteiger partial charge in [-0.05, 0) is 19.9 Å². The van der Waals surface area contributed by atoms with Gasteiger partial charge in [-0.1, -0.05) is 0 Å². The zero-order valence-electron chi connectivity index (χ0n) is 10.9. The third-order valence-electron chi connectivity index (χ3n) is 3.05. The molecule has 6 heteroatoms. The first-order chi connectivity index (χ1) is 9.29. The minimum atomic E-state index is -0.0738. The molecule has 98 valence electrons. The number of hydrogen-bond donors (Lipinski definition) is 1. The molecule has 0 fully saturated rings. The Kier molecular flexibility index (Phi) is 3.00. The molecular formula is C13H15N5O. The van der Waals surface area contributed by atoms with Gasteiger partial charge in [-0.15, -0.1) is 5.10 Å². The van der Waals surface area contributed by atoms with Crippen molar-refractivity contribution in [3.63, 3.8) is 0 Å². The lowest BCUT2D eigenvalue weighted by Gasteiger charge is -2.11. The zero-order chi connectivity index (χ0) is 13.2. The van der Waals surface area contributed by atoms with Gasteiger partial charge in [-0.3, -0.25) is 0 Å². The molecule has 1 atom stereocenters. The topological polar surface area (TPSA) is 68.6 Å². The first kappa shape index (κ1) is 11.9. The van der Waals surface area contributed by atoms with Gasteiger partial charge in [0.1, 0.15) is 6.23 Å². The lowest BCUT2D eigenvalue weighted by molar-refractivity contribution is 0.0160. The summed E-state index contributed by atoms with van der Waals surface area (Å²) in [4.78, 5) is 3.05. The molecule has 3 heterocycles. The van der Waals surface area contributed by atoms with Crippen molar-refractivity contribution in [2.24, 2.45) is 0 Å². The number of rotatable bonds is 4. The molecule has 0 aromatic carbocycles. The summed E-state index contributed by atoms with van der Waals surface area (Å²) >= 11 is 0. The van der Waals surface area contributed by atoms with Crippen LogP contribution in [0, 0.1) is 0 Å². The van der Waals surface area contributed by atoms with Crippen LogP contribution in [0.3, 0.4) is 0 Å². The lowest BCUT2D eigenvalue weighted by Crippen LogP contribution is -2.09. The fraction of sp³-hybridized carbons (Fsp3) is 0.308. The molecule has 3 aromatic heterocycles. The molecule has 0 spiro atoms. The highest BCUT2D eigenvalue weighted by molar-refractivity contribution is 5.91. The van der Waals surface area contributed by atoms with Crippen LogP contribution in [-0.4, -0.2) is 31.6 Å². The molecule has 0 aliphatic carbocycles. The molecule has 0 amide bonds. The van der Waals surface area contributed by atoms with Gasteiger partial charge in [-0.2, -0.15) is 10.2 Å². The van der Waals surface area contributed by atoms with Gasteiger partial charge >= 0.3 is 0 Å². The molecule has 1 N–H and O–H groups in total. The Morgan fingerprint density at radius 3 is 3.16 bits per heavy atom. The lowest BCUT2D eigenvalue weighted by atomic mass is 10.1. The summed E-state index contributed by atoms with van der Waals surface area (Å²) in [5, 5.41) is 13.4. The van der Waals surface area contributed by atoms with Gasteiger partial charge in [0.05, 0.1) is 12.4 Å². The van der Waals surface area contributed by atoms with E-state index in [0.29, 0.717) is 6.61 Å². The molecule has 0 radical (unpaired) electrons. The average Bonchev–Trinajstić information content (AvgIpc) is 3.07. The Morgan fingerprint density at radius 2 is 2.32 bits per heavy atom. The number of aromatic amines is 1. The summed E-state index contributed by atoms with van der Waals surface area (Å²) in [6, 6.07) is 1.99. The number of fused-ring (bicyclic) bond motifs is 1. The molecular weight excluding hydrogens is 242 g/mol. The molecule has 0 saturated heterocycles. The average molecular weight is 257 g/mol. The molecule has 1 unspecified atom stereocenters. The maximum absolute atomic E-state index is 5.52. The van der Waals surface area contributed by atoms with Gasteiger partial charge in [0, 0.05) is 35.5 Å². The highest BCUT2D eigenvalue weighted by Gasteiger charge is 2.11. The monoisotopic (exact) mass is 257 g/mol. The predicted molar refractivity (Wildman–Crippen MR) is 71.4 cm³/mol. The number of nitrogens with zero attached hydrogens (tertiary/aromatic N) is 4. The molecule has 3 rings (SSSR count). The van der Waals surface area contributed by atoms with E-state index >= 15 is 0 Å². The van der Waals surface area contributed by atoms with Crippen LogP contribution in [0.2, 0.25) is 0 Å². The number of H-pyrrole nitrogens is 1. The van der Waals surface area contributed by atoms with E-state index in [9.17, 15) is 0 Å². The van der Waals surface area contributed by atoms with Crippen molar-refractivity contribution >= 4 is 11.0 Å². The van der Waals surface area contributed by atoms with E-state index in [4.69, 9.17) is 4.74 Å². The highest BCUT2D eigenvalue weighted by atomic mass is 16.5. The Bertz CT molecular complexity index is 687. The number of hydrogen-bond acceptors (Lipinski definition) is 4. The van der Waals surface area contributed by atoms with Crippen molar-refractivity contribution in [1.82, 2.24) is 25.0 Å². The van der Waals surface area contributed by atoms with Crippen molar-refractivity contribution in [2.45, 2.75) is 20.1 Å². The summed E-state index contributed by atoms with van der Waals surface area (Å²) in [6.45, 7) is 4.60. The van der Waals surface area contributed by atoms with Crippen molar-refractivity contribution in [3.05, 3.63) is 30.9 Å². The highest BCUT2D eigenvalue weighted by Crippen LogP contribution is 2.26. The van der Waals surface area contributed by atoms with Crippen molar-refractivity contribution in [1.29, 1.82) is 0 Å².